The molecule has 0 spiro atoms. The second-order valence-corrected chi connectivity index (χ2v) is 8.06. The zero-order chi connectivity index (χ0) is 20.0. The fourth-order valence-corrected chi connectivity index (χ4v) is 4.88. The van der Waals surface area contributed by atoms with Gasteiger partial charge in [0.15, 0.2) is 15.1 Å². The molecule has 0 aliphatic rings. The Bertz CT molecular complexity index is 883. The Balaban J connectivity index is 2.69. The number of sulfone groups is 1. The van der Waals surface area contributed by atoms with Crippen LogP contribution in [0, 0.1) is 10.1 Å². The van der Waals surface area contributed by atoms with Crippen molar-refractivity contribution in [2.75, 3.05) is 6.61 Å². The molecule has 0 saturated heterocycles. The highest BCUT2D eigenvalue weighted by molar-refractivity contribution is 7.92. The summed E-state index contributed by atoms with van der Waals surface area (Å²) in [7, 11) is -4.23. The van der Waals surface area contributed by atoms with Crippen LogP contribution >= 0.6 is 0 Å². The van der Waals surface area contributed by atoms with Crippen LogP contribution in [0.15, 0.2) is 65.6 Å². The number of benzene rings is 2. The minimum atomic E-state index is -4.23. The summed E-state index contributed by atoms with van der Waals surface area (Å²) in [4.78, 5) is 23.5. The molecule has 8 heteroatoms. The topological polar surface area (TPSA) is 104 Å². The Kier molecular flexibility index (Phi) is 6.68. The van der Waals surface area contributed by atoms with Crippen LogP contribution in [0.25, 0.3) is 0 Å². The number of ether oxygens (including phenoxy) is 1. The molecule has 0 fully saturated rings. The Hall–Kier alpha value is -2.74. The summed E-state index contributed by atoms with van der Waals surface area (Å²) in [6.45, 7) is 2.82. The molecule has 0 aromatic heterocycles. The number of carbonyl (C=O) groups is 1. The third kappa shape index (κ3) is 4.51. The first-order valence-corrected chi connectivity index (χ1v) is 9.99. The summed E-state index contributed by atoms with van der Waals surface area (Å²) in [5.74, 6) is -2.20. The van der Waals surface area contributed by atoms with Gasteiger partial charge < -0.3 is 4.74 Å². The molecule has 0 unspecified atom stereocenters. The molecule has 0 bridgehead atoms. The van der Waals surface area contributed by atoms with E-state index in [0.29, 0.717) is 5.56 Å². The van der Waals surface area contributed by atoms with Crippen LogP contribution in [0.2, 0.25) is 0 Å². The summed E-state index contributed by atoms with van der Waals surface area (Å²) in [5.41, 5.74) is 0.388. The van der Waals surface area contributed by atoms with Crippen LogP contribution in [0.5, 0.6) is 0 Å². The van der Waals surface area contributed by atoms with Gasteiger partial charge in [-0.3, -0.25) is 14.9 Å². The van der Waals surface area contributed by atoms with Crippen molar-refractivity contribution >= 4 is 15.8 Å². The Morgan fingerprint density at radius 2 is 1.59 bits per heavy atom. The van der Waals surface area contributed by atoms with Gasteiger partial charge in [-0.25, -0.2) is 8.42 Å². The van der Waals surface area contributed by atoms with E-state index in [9.17, 15) is 23.3 Å². The molecule has 27 heavy (non-hydrogen) atoms. The van der Waals surface area contributed by atoms with E-state index in [1.54, 1.807) is 43.3 Å². The summed E-state index contributed by atoms with van der Waals surface area (Å²) in [6.07, 6.45) is 0. The molecule has 0 radical (unpaired) electrons. The molecule has 7 nitrogen and oxygen atoms in total. The van der Waals surface area contributed by atoms with Crippen LogP contribution in [0.1, 0.15) is 25.3 Å². The van der Waals surface area contributed by atoms with Crippen molar-refractivity contribution in [3.8, 4) is 0 Å². The quantitative estimate of drug-likeness (QED) is 0.389. The monoisotopic (exact) mass is 391 g/mol. The van der Waals surface area contributed by atoms with Gasteiger partial charge in [-0.1, -0.05) is 48.5 Å². The van der Waals surface area contributed by atoms with Gasteiger partial charge in [0.25, 0.3) is 0 Å². The summed E-state index contributed by atoms with van der Waals surface area (Å²) >= 11 is 0. The zero-order valence-corrected chi connectivity index (χ0v) is 15.8. The van der Waals surface area contributed by atoms with Crippen molar-refractivity contribution in [2.24, 2.45) is 0 Å². The molecule has 0 heterocycles. The maximum absolute atomic E-state index is 13.3. The van der Waals surface area contributed by atoms with Gasteiger partial charge in [0, 0.05) is 11.8 Å². The maximum atomic E-state index is 13.3. The van der Waals surface area contributed by atoms with Crippen molar-refractivity contribution in [1.29, 1.82) is 0 Å². The Morgan fingerprint density at radius 3 is 2.07 bits per heavy atom. The molecule has 0 aliphatic carbocycles. The first-order chi connectivity index (χ1) is 12.8. The highest BCUT2D eigenvalue weighted by Crippen LogP contribution is 2.33. The van der Waals surface area contributed by atoms with E-state index in [1.807, 2.05) is 0 Å². The molecule has 0 amide bonds. The number of hydrogen-bond acceptors (Lipinski definition) is 6. The lowest BCUT2D eigenvalue weighted by Crippen LogP contribution is -2.44. The maximum Gasteiger partial charge on any atom is 0.325 e. The van der Waals surface area contributed by atoms with Gasteiger partial charge >= 0.3 is 5.97 Å². The molecular weight excluding hydrogens is 370 g/mol. The largest absolute Gasteiger partial charge is 0.465 e. The molecule has 3 atom stereocenters. The second-order valence-electron chi connectivity index (χ2n) is 5.99. The highest BCUT2D eigenvalue weighted by Gasteiger charge is 2.48. The lowest BCUT2D eigenvalue weighted by molar-refractivity contribution is -0.522. The average Bonchev–Trinajstić information content (AvgIpc) is 2.66. The molecular formula is C19H21NO6S. The van der Waals surface area contributed by atoms with Gasteiger partial charge in [-0.15, -0.1) is 0 Å². The summed E-state index contributed by atoms with van der Waals surface area (Å²) in [6, 6.07) is 14.3. The van der Waals surface area contributed by atoms with Gasteiger partial charge in [0.05, 0.1) is 17.4 Å². The first-order valence-electron chi connectivity index (χ1n) is 8.44. The number of esters is 1. The van der Waals surface area contributed by atoms with Crippen molar-refractivity contribution in [3.63, 3.8) is 0 Å². The van der Waals surface area contributed by atoms with E-state index in [1.165, 1.54) is 31.2 Å². The van der Waals surface area contributed by atoms with Crippen molar-refractivity contribution < 1.29 is 22.9 Å². The van der Waals surface area contributed by atoms with E-state index in [4.69, 9.17) is 4.74 Å². The van der Waals surface area contributed by atoms with Crippen LogP contribution in [0.3, 0.4) is 0 Å². The molecule has 144 valence electrons. The van der Waals surface area contributed by atoms with Crippen molar-refractivity contribution in [3.05, 3.63) is 76.3 Å². The predicted molar refractivity (Wildman–Crippen MR) is 99.7 cm³/mol. The standard InChI is InChI=1S/C19H21NO6S/c1-3-26-19(21)18(27(24,25)16-12-8-5-9-13-16)17(14(2)20(22)23)15-10-6-4-7-11-15/h4-14,17-18H,3H2,1-2H3/t14-,17+,18-/m0/s1. The number of nitro groups is 1. The van der Waals surface area contributed by atoms with Crippen LogP contribution in [-0.2, 0) is 19.4 Å². The number of rotatable bonds is 8. The van der Waals surface area contributed by atoms with Gasteiger partial charge in [-0.2, -0.15) is 0 Å². The van der Waals surface area contributed by atoms with Crippen LogP contribution < -0.4 is 0 Å². The molecule has 0 saturated carbocycles. The van der Waals surface area contributed by atoms with Crippen molar-refractivity contribution in [1.82, 2.24) is 0 Å². The first kappa shape index (κ1) is 20.6. The Morgan fingerprint density at radius 1 is 1.07 bits per heavy atom. The van der Waals surface area contributed by atoms with Crippen LogP contribution in [-0.4, -0.2) is 37.2 Å². The van der Waals surface area contributed by atoms with E-state index in [-0.39, 0.29) is 11.5 Å². The van der Waals surface area contributed by atoms with E-state index in [0.717, 1.165) is 0 Å². The zero-order valence-electron chi connectivity index (χ0n) is 15.0. The summed E-state index contributed by atoms with van der Waals surface area (Å²) in [5, 5.41) is 9.79. The van der Waals surface area contributed by atoms with Gasteiger partial charge in [-0.05, 0) is 24.6 Å². The third-order valence-electron chi connectivity index (χ3n) is 4.29. The number of nitrogens with zero attached hydrogens (tertiary/aromatic N) is 1. The van der Waals surface area contributed by atoms with E-state index < -0.39 is 37.9 Å². The lowest BCUT2D eigenvalue weighted by Gasteiger charge is -2.26. The number of carbonyl (C=O) groups excluding carboxylic acids is 1. The number of hydrogen-bond donors (Lipinski definition) is 0. The lowest BCUT2D eigenvalue weighted by atomic mass is 9.89. The predicted octanol–water partition coefficient (Wildman–Crippen LogP) is 2.84. The molecule has 0 N–H and O–H groups in total. The fraction of sp³-hybridized carbons (Fsp3) is 0.316. The SMILES string of the molecule is CCOC(=O)[C@H]([C@@H](c1ccccc1)[C@H](C)[N+](=O)[O-])S(=O)(=O)c1ccccc1. The average molecular weight is 391 g/mol. The molecule has 2 aromatic rings. The molecule has 0 aliphatic heterocycles. The second kappa shape index (κ2) is 8.77. The van der Waals surface area contributed by atoms with E-state index in [2.05, 4.69) is 0 Å². The van der Waals surface area contributed by atoms with Gasteiger partial charge in [0.2, 0.25) is 6.04 Å². The molecule has 2 aromatic carbocycles. The minimum Gasteiger partial charge on any atom is -0.465 e. The summed E-state index contributed by atoms with van der Waals surface area (Å²) < 4.78 is 31.5. The Labute approximate surface area is 158 Å². The highest BCUT2D eigenvalue weighted by atomic mass is 32.2. The normalized spacial score (nSPS) is 14.7. The van der Waals surface area contributed by atoms with Crippen molar-refractivity contribution in [2.45, 2.75) is 36.0 Å². The third-order valence-corrected chi connectivity index (χ3v) is 6.37. The molecule has 2 rings (SSSR count). The minimum absolute atomic E-state index is 0.0337. The fourth-order valence-electron chi connectivity index (χ4n) is 2.96. The smallest absolute Gasteiger partial charge is 0.325 e. The van der Waals surface area contributed by atoms with Crippen LogP contribution in [0.4, 0.5) is 0 Å². The van der Waals surface area contributed by atoms with E-state index >= 15 is 0 Å². The van der Waals surface area contributed by atoms with Gasteiger partial charge in [0.1, 0.15) is 0 Å².